The fourth-order valence-corrected chi connectivity index (χ4v) is 7.90. The summed E-state index contributed by atoms with van der Waals surface area (Å²) in [6.45, 7) is 2.15. The van der Waals surface area contributed by atoms with Gasteiger partial charge in [-0.05, 0) is 70.5 Å². The Balaban J connectivity index is 1.17. The van der Waals surface area contributed by atoms with Crippen LogP contribution in [0.1, 0.15) is 34.1 Å². The highest BCUT2D eigenvalue weighted by Gasteiger charge is 2.39. The summed E-state index contributed by atoms with van der Waals surface area (Å²) in [6.07, 6.45) is 9.21. The van der Waals surface area contributed by atoms with Crippen LogP contribution in [0.3, 0.4) is 0 Å². The first-order valence-corrected chi connectivity index (χ1v) is 16.0. The topological polar surface area (TPSA) is 4.93 Å². The molecule has 7 aromatic rings. The predicted octanol–water partition coefficient (Wildman–Crippen LogP) is 11.4. The normalized spacial score (nSPS) is 18.4. The third-order valence-corrected chi connectivity index (χ3v) is 10.0. The molecule has 45 heavy (non-hydrogen) atoms. The van der Waals surface area contributed by atoms with Crippen LogP contribution in [0.5, 0.6) is 0 Å². The molecule has 1 aromatic heterocycles. The molecule has 0 aliphatic heterocycles. The van der Waals surface area contributed by atoms with Gasteiger partial charge in [0.25, 0.3) is 0 Å². The van der Waals surface area contributed by atoms with Crippen LogP contribution >= 0.6 is 0 Å². The van der Waals surface area contributed by atoms with Gasteiger partial charge in [-0.1, -0.05) is 145 Å². The maximum atomic E-state index is 2.44. The average Bonchev–Trinajstić information content (AvgIpc) is 3.62. The van der Waals surface area contributed by atoms with E-state index in [1.54, 1.807) is 0 Å². The van der Waals surface area contributed by atoms with Crippen molar-refractivity contribution < 1.29 is 0 Å². The van der Waals surface area contributed by atoms with Gasteiger partial charge in [0.2, 0.25) is 0 Å². The molecule has 3 atom stereocenters. The standard InChI is InChI=1S/C44H33N/c1-29-18-20-31(21-19-29)40-28-33(26-27-43(40)45-41-16-8-6-12-36(41)37-13-7-9-17-42(37)45)30-22-24-32(25-23-30)44-38-14-4-2-10-34(38)35-11-3-5-15-39(35)44/h2-28,34,38,44H,1H3. The number of rotatable bonds is 4. The smallest absolute Gasteiger partial charge is 0.0541 e. The number of fused-ring (bicyclic) bond motifs is 6. The predicted molar refractivity (Wildman–Crippen MR) is 189 cm³/mol. The van der Waals surface area contributed by atoms with Crippen molar-refractivity contribution >= 4 is 21.8 Å². The summed E-state index contributed by atoms with van der Waals surface area (Å²) < 4.78 is 2.44. The van der Waals surface area contributed by atoms with Crippen LogP contribution in [0.2, 0.25) is 0 Å². The Hall–Kier alpha value is -5.40. The molecule has 0 saturated carbocycles. The molecule has 0 saturated heterocycles. The zero-order chi connectivity index (χ0) is 29.9. The fraction of sp³-hybridized carbons (Fsp3) is 0.0909. The molecule has 0 radical (unpaired) electrons. The van der Waals surface area contributed by atoms with Gasteiger partial charge < -0.3 is 4.57 Å². The van der Waals surface area contributed by atoms with Gasteiger partial charge in [0.15, 0.2) is 0 Å². The zero-order valence-electron chi connectivity index (χ0n) is 25.3. The molecule has 3 unspecified atom stereocenters. The summed E-state index contributed by atoms with van der Waals surface area (Å²) in [5, 5.41) is 2.56. The lowest BCUT2D eigenvalue weighted by atomic mass is 9.80. The van der Waals surface area contributed by atoms with Crippen molar-refractivity contribution in [2.75, 3.05) is 0 Å². The molecular formula is C44H33N. The van der Waals surface area contributed by atoms with Crippen LogP contribution in [0.25, 0.3) is 49.7 Å². The van der Waals surface area contributed by atoms with Gasteiger partial charge in [0, 0.05) is 28.2 Å². The van der Waals surface area contributed by atoms with Crippen LogP contribution in [0.15, 0.2) is 164 Å². The zero-order valence-corrected chi connectivity index (χ0v) is 25.3. The van der Waals surface area contributed by atoms with E-state index in [4.69, 9.17) is 0 Å². The second-order valence-electron chi connectivity index (χ2n) is 12.6. The minimum absolute atomic E-state index is 0.377. The molecule has 2 aliphatic carbocycles. The lowest BCUT2D eigenvalue weighted by Gasteiger charge is -2.23. The van der Waals surface area contributed by atoms with E-state index in [2.05, 4.69) is 175 Å². The molecule has 1 heteroatoms. The molecule has 2 aliphatic rings. The monoisotopic (exact) mass is 575 g/mol. The second-order valence-corrected chi connectivity index (χ2v) is 12.6. The number of para-hydroxylation sites is 2. The molecule has 1 heterocycles. The quantitative estimate of drug-likeness (QED) is 0.197. The van der Waals surface area contributed by atoms with Crippen LogP contribution in [-0.4, -0.2) is 4.57 Å². The maximum absolute atomic E-state index is 2.44. The largest absolute Gasteiger partial charge is 0.309 e. The number of aryl methyl sites for hydroxylation is 1. The van der Waals surface area contributed by atoms with Crippen molar-refractivity contribution in [3.63, 3.8) is 0 Å². The van der Waals surface area contributed by atoms with Crippen molar-refractivity contribution in [2.45, 2.75) is 18.8 Å². The highest BCUT2D eigenvalue weighted by molar-refractivity contribution is 6.09. The molecule has 6 aromatic carbocycles. The highest BCUT2D eigenvalue weighted by atomic mass is 15.0. The van der Waals surface area contributed by atoms with Crippen LogP contribution in [0.4, 0.5) is 0 Å². The lowest BCUT2D eigenvalue weighted by molar-refractivity contribution is 0.567. The van der Waals surface area contributed by atoms with Gasteiger partial charge in [-0.2, -0.15) is 0 Å². The summed E-state index contributed by atoms with van der Waals surface area (Å²) in [6, 6.07) is 51.8. The third-order valence-electron chi connectivity index (χ3n) is 10.0. The van der Waals surface area contributed by atoms with Crippen molar-refractivity contribution in [1.29, 1.82) is 0 Å². The van der Waals surface area contributed by atoms with E-state index in [1.165, 1.54) is 72.0 Å². The summed E-state index contributed by atoms with van der Waals surface area (Å²) >= 11 is 0. The van der Waals surface area contributed by atoms with E-state index < -0.39 is 0 Å². The van der Waals surface area contributed by atoms with Crippen LogP contribution in [0, 0.1) is 12.8 Å². The van der Waals surface area contributed by atoms with Crippen molar-refractivity contribution in [3.8, 4) is 27.9 Å². The second kappa shape index (κ2) is 10.4. The fourth-order valence-electron chi connectivity index (χ4n) is 7.90. The van der Waals surface area contributed by atoms with E-state index in [9.17, 15) is 0 Å². The molecule has 0 fully saturated rings. The Kier molecular flexibility index (Phi) is 5.99. The number of nitrogens with zero attached hydrogens (tertiary/aromatic N) is 1. The van der Waals surface area contributed by atoms with Gasteiger partial charge in [0.05, 0.1) is 16.7 Å². The van der Waals surface area contributed by atoms with Crippen LogP contribution in [-0.2, 0) is 0 Å². The van der Waals surface area contributed by atoms with E-state index in [0.29, 0.717) is 17.8 Å². The number of hydrogen-bond donors (Lipinski definition) is 0. The van der Waals surface area contributed by atoms with Crippen molar-refractivity contribution in [2.24, 2.45) is 5.92 Å². The molecule has 0 bridgehead atoms. The first kappa shape index (κ1) is 26.0. The third kappa shape index (κ3) is 4.15. The van der Waals surface area contributed by atoms with Gasteiger partial charge in [-0.3, -0.25) is 0 Å². The number of allylic oxidation sites excluding steroid dienone is 4. The maximum Gasteiger partial charge on any atom is 0.0541 e. The first-order valence-electron chi connectivity index (χ1n) is 16.0. The Morgan fingerprint density at radius 1 is 0.511 bits per heavy atom. The molecule has 0 spiro atoms. The van der Waals surface area contributed by atoms with Crippen molar-refractivity contribution in [1.82, 2.24) is 4.57 Å². The van der Waals surface area contributed by atoms with Crippen molar-refractivity contribution in [3.05, 3.63) is 186 Å². The lowest BCUT2D eigenvalue weighted by Crippen LogP contribution is -2.11. The van der Waals surface area contributed by atoms with Gasteiger partial charge in [0.1, 0.15) is 0 Å². The Morgan fingerprint density at radius 2 is 1.11 bits per heavy atom. The number of aromatic nitrogens is 1. The average molecular weight is 576 g/mol. The molecule has 0 N–H and O–H groups in total. The SMILES string of the molecule is Cc1ccc(-c2cc(-c3ccc(C4c5ccccc5C5C=CC=CC54)cc3)ccc2-n2c3ccccc3c3ccccc32)cc1. The first-order chi connectivity index (χ1) is 22.2. The van der Waals surface area contributed by atoms with Gasteiger partial charge in [-0.25, -0.2) is 0 Å². The number of benzene rings is 6. The summed E-state index contributed by atoms with van der Waals surface area (Å²) in [4.78, 5) is 0. The summed E-state index contributed by atoms with van der Waals surface area (Å²) in [5.41, 5.74) is 14.2. The Morgan fingerprint density at radius 3 is 1.84 bits per heavy atom. The molecule has 0 amide bonds. The highest BCUT2D eigenvalue weighted by Crippen LogP contribution is 2.52. The summed E-state index contributed by atoms with van der Waals surface area (Å²) in [5.74, 6) is 1.31. The summed E-state index contributed by atoms with van der Waals surface area (Å²) in [7, 11) is 0. The Labute approximate surface area is 264 Å². The van der Waals surface area contributed by atoms with E-state index >= 15 is 0 Å². The molecular weight excluding hydrogens is 542 g/mol. The van der Waals surface area contributed by atoms with Gasteiger partial charge in [-0.15, -0.1) is 0 Å². The molecule has 9 rings (SSSR count). The van der Waals surface area contributed by atoms with Crippen LogP contribution < -0.4 is 0 Å². The van der Waals surface area contributed by atoms with E-state index in [0.717, 1.165) is 0 Å². The number of hydrogen-bond acceptors (Lipinski definition) is 0. The molecule has 1 nitrogen and oxygen atoms in total. The van der Waals surface area contributed by atoms with E-state index in [1.807, 2.05) is 0 Å². The van der Waals surface area contributed by atoms with E-state index in [-0.39, 0.29) is 0 Å². The minimum atomic E-state index is 0.377. The van der Waals surface area contributed by atoms with Gasteiger partial charge >= 0.3 is 0 Å². The minimum Gasteiger partial charge on any atom is -0.309 e. The molecule has 214 valence electrons. The Bertz CT molecular complexity index is 2220.